The van der Waals surface area contributed by atoms with E-state index < -0.39 is 11.5 Å². The summed E-state index contributed by atoms with van der Waals surface area (Å²) in [6.07, 6.45) is 1.82. The van der Waals surface area contributed by atoms with Crippen LogP contribution in [0.1, 0.15) is 12.8 Å². The van der Waals surface area contributed by atoms with E-state index in [1.54, 1.807) is 14.2 Å². The van der Waals surface area contributed by atoms with Gasteiger partial charge in [-0.05, 0) is 18.8 Å². The van der Waals surface area contributed by atoms with Gasteiger partial charge in [-0.3, -0.25) is 9.69 Å². The van der Waals surface area contributed by atoms with Gasteiger partial charge in [-0.1, -0.05) is 0 Å². The van der Waals surface area contributed by atoms with Crippen LogP contribution in [0.4, 0.5) is 0 Å². The molecule has 6 heteroatoms. The molecule has 2 aliphatic rings. The molecule has 0 amide bonds. The number of hydrogen-bond acceptors (Lipinski definition) is 5. The van der Waals surface area contributed by atoms with Crippen LogP contribution in [0, 0.1) is 5.92 Å². The fourth-order valence-corrected chi connectivity index (χ4v) is 2.74. The zero-order valence-corrected chi connectivity index (χ0v) is 11.0. The van der Waals surface area contributed by atoms with Gasteiger partial charge in [0.2, 0.25) is 0 Å². The zero-order chi connectivity index (χ0) is 13.3. The molecule has 1 aliphatic carbocycles. The third-order valence-corrected chi connectivity index (χ3v) is 4.09. The van der Waals surface area contributed by atoms with Crippen molar-refractivity contribution in [2.45, 2.75) is 30.6 Å². The summed E-state index contributed by atoms with van der Waals surface area (Å²) in [5.74, 6) is -0.794. The topological polar surface area (TPSA) is 85.0 Å². The molecule has 1 heterocycles. The predicted octanol–water partition coefficient (Wildman–Crippen LogP) is -0.476. The zero-order valence-electron chi connectivity index (χ0n) is 11.0. The second-order valence-corrected chi connectivity index (χ2v) is 5.36. The molecule has 0 spiro atoms. The summed E-state index contributed by atoms with van der Waals surface area (Å²) in [5.41, 5.74) is 4.95. The maximum Gasteiger partial charge on any atom is 0.325 e. The average Bonchev–Trinajstić information content (AvgIpc) is 3.11. The number of carbonyl (C=O) groups is 1. The van der Waals surface area contributed by atoms with Crippen molar-refractivity contribution in [3.05, 3.63) is 0 Å². The summed E-state index contributed by atoms with van der Waals surface area (Å²) in [4.78, 5) is 13.4. The molecule has 0 aromatic heterocycles. The number of nitrogens with two attached hydrogens (primary N) is 1. The molecule has 18 heavy (non-hydrogen) atoms. The van der Waals surface area contributed by atoms with Crippen molar-refractivity contribution in [2.75, 3.05) is 33.9 Å². The van der Waals surface area contributed by atoms with E-state index in [0.29, 0.717) is 19.6 Å². The van der Waals surface area contributed by atoms with Crippen LogP contribution in [0.5, 0.6) is 0 Å². The third kappa shape index (κ3) is 2.51. The van der Waals surface area contributed by atoms with Crippen molar-refractivity contribution in [2.24, 2.45) is 11.7 Å². The number of likely N-dealkylation sites (tertiary alicyclic amines) is 1. The lowest BCUT2D eigenvalue weighted by atomic mass is 9.94. The Bertz CT molecular complexity index is 309. The predicted molar refractivity (Wildman–Crippen MR) is 65.3 cm³/mol. The Labute approximate surface area is 107 Å². The first-order valence-corrected chi connectivity index (χ1v) is 6.31. The maximum absolute atomic E-state index is 11.4. The molecule has 6 nitrogen and oxygen atoms in total. The lowest BCUT2D eigenvalue weighted by Crippen LogP contribution is -2.57. The quantitative estimate of drug-likeness (QED) is 0.669. The Balaban J connectivity index is 1.99. The molecule has 0 aromatic rings. The van der Waals surface area contributed by atoms with Gasteiger partial charge in [-0.15, -0.1) is 0 Å². The highest BCUT2D eigenvalue weighted by Crippen LogP contribution is 2.39. The molecule has 3 N–H and O–H groups in total. The van der Waals surface area contributed by atoms with Crippen molar-refractivity contribution in [3.63, 3.8) is 0 Å². The molecule has 1 aliphatic heterocycles. The van der Waals surface area contributed by atoms with Crippen molar-refractivity contribution >= 4 is 5.97 Å². The van der Waals surface area contributed by atoms with Crippen LogP contribution >= 0.6 is 0 Å². The minimum absolute atomic E-state index is 0.00718. The van der Waals surface area contributed by atoms with Gasteiger partial charge >= 0.3 is 5.97 Å². The monoisotopic (exact) mass is 258 g/mol. The molecule has 3 atom stereocenters. The number of rotatable bonds is 6. The van der Waals surface area contributed by atoms with Crippen molar-refractivity contribution < 1.29 is 19.4 Å². The summed E-state index contributed by atoms with van der Waals surface area (Å²) in [6.45, 7) is 1.72. The van der Waals surface area contributed by atoms with E-state index >= 15 is 0 Å². The maximum atomic E-state index is 11.4. The minimum atomic E-state index is -1.12. The highest BCUT2D eigenvalue weighted by Gasteiger charge is 2.50. The lowest BCUT2D eigenvalue weighted by Gasteiger charge is -2.29. The van der Waals surface area contributed by atoms with Gasteiger partial charge in [0.05, 0.1) is 12.2 Å². The normalized spacial score (nSPS) is 32.4. The van der Waals surface area contributed by atoms with E-state index in [0.717, 1.165) is 12.8 Å². The first-order valence-electron chi connectivity index (χ1n) is 6.31. The Hall–Kier alpha value is -0.690. The molecule has 2 fully saturated rings. The second kappa shape index (κ2) is 5.13. The van der Waals surface area contributed by atoms with Crippen LogP contribution in [-0.4, -0.2) is 67.6 Å². The molecule has 0 bridgehead atoms. The standard InChI is InChI=1S/C12H22N2O4/c1-17-9-5-14(6-10(9)18-2)7-12(13,11(15)16)8-3-4-8/h8-10H,3-7,13H2,1-2H3,(H,15,16). The second-order valence-electron chi connectivity index (χ2n) is 5.36. The Morgan fingerprint density at radius 2 is 1.83 bits per heavy atom. The summed E-state index contributed by atoms with van der Waals surface area (Å²) in [7, 11) is 3.29. The van der Waals surface area contributed by atoms with Gasteiger partial charge in [0, 0.05) is 33.9 Å². The fraction of sp³-hybridized carbons (Fsp3) is 0.917. The Kier molecular flexibility index (Phi) is 3.91. The smallest absolute Gasteiger partial charge is 0.325 e. The molecule has 0 radical (unpaired) electrons. The van der Waals surface area contributed by atoms with E-state index in [4.69, 9.17) is 15.2 Å². The average molecular weight is 258 g/mol. The Morgan fingerprint density at radius 1 is 1.33 bits per heavy atom. The summed E-state index contributed by atoms with van der Waals surface area (Å²) in [5, 5.41) is 9.34. The Morgan fingerprint density at radius 3 is 2.17 bits per heavy atom. The number of hydrogen-bond donors (Lipinski definition) is 2. The number of aliphatic carboxylic acids is 1. The summed E-state index contributed by atoms with van der Waals surface area (Å²) in [6, 6.07) is 0. The van der Waals surface area contributed by atoms with E-state index in [1.807, 2.05) is 4.90 Å². The number of carboxylic acids is 1. The van der Waals surface area contributed by atoms with E-state index in [-0.39, 0.29) is 18.1 Å². The van der Waals surface area contributed by atoms with Crippen molar-refractivity contribution in [1.82, 2.24) is 4.90 Å². The first-order chi connectivity index (χ1) is 8.51. The van der Waals surface area contributed by atoms with Crippen molar-refractivity contribution in [3.8, 4) is 0 Å². The number of ether oxygens (including phenoxy) is 2. The molecule has 1 saturated carbocycles. The van der Waals surface area contributed by atoms with Gasteiger partial charge in [-0.2, -0.15) is 0 Å². The molecule has 1 saturated heterocycles. The summed E-state index contributed by atoms with van der Waals surface area (Å²) < 4.78 is 10.7. The fourth-order valence-electron chi connectivity index (χ4n) is 2.74. The van der Waals surface area contributed by atoms with Gasteiger partial charge in [0.15, 0.2) is 0 Å². The number of nitrogens with zero attached hydrogens (tertiary/aromatic N) is 1. The minimum Gasteiger partial charge on any atom is -0.480 e. The highest BCUT2D eigenvalue weighted by atomic mass is 16.5. The molecule has 3 unspecified atom stereocenters. The van der Waals surface area contributed by atoms with Gasteiger partial charge in [-0.25, -0.2) is 0 Å². The number of methoxy groups -OCH3 is 2. The van der Waals surface area contributed by atoms with Crippen LogP contribution in [0.25, 0.3) is 0 Å². The molecule has 104 valence electrons. The number of carboxylic acid groups (broad SMARTS) is 1. The van der Waals surface area contributed by atoms with Crippen LogP contribution < -0.4 is 5.73 Å². The largest absolute Gasteiger partial charge is 0.480 e. The van der Waals surface area contributed by atoms with Crippen LogP contribution in [-0.2, 0) is 14.3 Å². The van der Waals surface area contributed by atoms with Crippen LogP contribution in [0.15, 0.2) is 0 Å². The molecule has 0 aromatic carbocycles. The molecular weight excluding hydrogens is 236 g/mol. The molecule has 2 rings (SSSR count). The van der Waals surface area contributed by atoms with Gasteiger partial charge < -0.3 is 20.3 Å². The summed E-state index contributed by atoms with van der Waals surface area (Å²) >= 11 is 0. The van der Waals surface area contributed by atoms with Crippen LogP contribution in [0.3, 0.4) is 0 Å². The highest BCUT2D eigenvalue weighted by molar-refractivity contribution is 5.79. The molecular formula is C12H22N2O4. The van der Waals surface area contributed by atoms with Gasteiger partial charge in [0.1, 0.15) is 5.54 Å². The first kappa shape index (κ1) is 13.7. The van der Waals surface area contributed by atoms with Crippen molar-refractivity contribution in [1.29, 1.82) is 0 Å². The van der Waals surface area contributed by atoms with E-state index in [9.17, 15) is 9.90 Å². The SMILES string of the molecule is COC1CN(CC(N)(C(=O)O)C2CC2)CC1OC. The van der Waals surface area contributed by atoms with Crippen LogP contribution in [0.2, 0.25) is 0 Å². The van der Waals surface area contributed by atoms with E-state index in [2.05, 4.69) is 0 Å². The third-order valence-electron chi connectivity index (χ3n) is 4.09. The van der Waals surface area contributed by atoms with E-state index in [1.165, 1.54) is 0 Å². The lowest BCUT2D eigenvalue weighted by molar-refractivity contribution is -0.145. The van der Waals surface area contributed by atoms with Gasteiger partial charge in [0.25, 0.3) is 0 Å².